The van der Waals surface area contributed by atoms with Crippen LogP contribution in [-0.4, -0.2) is 13.0 Å². The van der Waals surface area contributed by atoms with Gasteiger partial charge in [0.1, 0.15) is 5.75 Å². The molecule has 25 heavy (non-hydrogen) atoms. The highest BCUT2D eigenvalue weighted by atomic mass is 16.5. The maximum Gasteiger partial charge on any atom is 0.220 e. The van der Waals surface area contributed by atoms with Gasteiger partial charge in [0.15, 0.2) is 0 Å². The van der Waals surface area contributed by atoms with E-state index in [2.05, 4.69) is 37.4 Å². The van der Waals surface area contributed by atoms with Gasteiger partial charge < -0.3 is 10.1 Å². The van der Waals surface area contributed by atoms with Crippen molar-refractivity contribution in [3.8, 4) is 5.75 Å². The number of nitrogens with one attached hydrogen (secondary N) is 1. The van der Waals surface area contributed by atoms with Crippen LogP contribution in [0.3, 0.4) is 0 Å². The lowest BCUT2D eigenvalue weighted by Gasteiger charge is -2.21. The molecule has 0 heterocycles. The SMILES string of the molecule is COc1ccc(CCC(=O)NC(CC(C)C)c2ccccc2)cc1C. The number of hydrogen-bond donors (Lipinski definition) is 1. The van der Waals surface area contributed by atoms with Crippen molar-refractivity contribution in [3.05, 3.63) is 65.2 Å². The molecule has 0 spiro atoms. The molecule has 0 aliphatic heterocycles. The molecule has 134 valence electrons. The highest BCUT2D eigenvalue weighted by Crippen LogP contribution is 2.22. The summed E-state index contributed by atoms with van der Waals surface area (Å²) in [5.74, 6) is 1.51. The number of carbonyl (C=O) groups excluding carboxylic acids is 1. The van der Waals surface area contributed by atoms with Gasteiger partial charge in [-0.25, -0.2) is 0 Å². The van der Waals surface area contributed by atoms with Crippen LogP contribution in [0, 0.1) is 12.8 Å². The summed E-state index contributed by atoms with van der Waals surface area (Å²) in [6.45, 7) is 6.39. The Bertz CT molecular complexity index is 680. The molecule has 1 N–H and O–H groups in total. The van der Waals surface area contributed by atoms with E-state index < -0.39 is 0 Å². The van der Waals surface area contributed by atoms with Gasteiger partial charge in [0.25, 0.3) is 0 Å². The van der Waals surface area contributed by atoms with E-state index in [1.165, 1.54) is 5.56 Å². The van der Waals surface area contributed by atoms with Crippen molar-refractivity contribution in [1.29, 1.82) is 0 Å². The molecule has 3 heteroatoms. The molecule has 2 aromatic rings. The fourth-order valence-electron chi connectivity index (χ4n) is 3.06. The highest BCUT2D eigenvalue weighted by molar-refractivity contribution is 5.76. The largest absolute Gasteiger partial charge is 0.496 e. The van der Waals surface area contributed by atoms with Gasteiger partial charge in [0.2, 0.25) is 5.91 Å². The van der Waals surface area contributed by atoms with Crippen LogP contribution >= 0.6 is 0 Å². The minimum Gasteiger partial charge on any atom is -0.496 e. The average Bonchev–Trinajstić information content (AvgIpc) is 2.60. The number of amides is 1. The summed E-state index contributed by atoms with van der Waals surface area (Å²) >= 11 is 0. The van der Waals surface area contributed by atoms with Crippen molar-refractivity contribution in [1.82, 2.24) is 5.32 Å². The van der Waals surface area contributed by atoms with E-state index in [9.17, 15) is 4.79 Å². The summed E-state index contributed by atoms with van der Waals surface area (Å²) in [5.41, 5.74) is 3.43. The number of methoxy groups -OCH3 is 1. The Morgan fingerprint density at radius 3 is 2.44 bits per heavy atom. The summed E-state index contributed by atoms with van der Waals surface area (Å²) < 4.78 is 5.28. The summed E-state index contributed by atoms with van der Waals surface area (Å²) in [7, 11) is 1.67. The molecule has 1 atom stereocenters. The molecule has 2 rings (SSSR count). The van der Waals surface area contributed by atoms with Gasteiger partial charge in [-0.3, -0.25) is 4.79 Å². The number of aryl methyl sites for hydroxylation is 2. The third kappa shape index (κ3) is 5.93. The first-order chi connectivity index (χ1) is 12.0. The molecular weight excluding hydrogens is 310 g/mol. The molecule has 3 nitrogen and oxygen atoms in total. The van der Waals surface area contributed by atoms with Crippen LogP contribution in [0.5, 0.6) is 5.75 Å². The number of hydrogen-bond acceptors (Lipinski definition) is 2. The van der Waals surface area contributed by atoms with Gasteiger partial charge in [0, 0.05) is 6.42 Å². The quantitative estimate of drug-likeness (QED) is 0.747. The zero-order chi connectivity index (χ0) is 18.2. The van der Waals surface area contributed by atoms with Gasteiger partial charge in [-0.1, -0.05) is 56.3 Å². The predicted octanol–water partition coefficient (Wildman–Crippen LogP) is 4.84. The standard InChI is InChI=1S/C22H29NO2/c1-16(2)14-20(19-8-6-5-7-9-19)23-22(24)13-11-18-10-12-21(25-4)17(3)15-18/h5-10,12,15-16,20H,11,13-14H2,1-4H3,(H,23,24). The average molecular weight is 339 g/mol. The second-order valence-corrected chi connectivity index (χ2v) is 6.96. The van der Waals surface area contributed by atoms with Gasteiger partial charge in [-0.15, -0.1) is 0 Å². The molecule has 0 aliphatic rings. The molecule has 0 saturated carbocycles. The summed E-state index contributed by atoms with van der Waals surface area (Å²) in [6.07, 6.45) is 2.17. The van der Waals surface area contributed by atoms with Crippen LogP contribution in [0.15, 0.2) is 48.5 Å². The first kappa shape index (κ1) is 19.0. The van der Waals surface area contributed by atoms with Crippen molar-refractivity contribution >= 4 is 5.91 Å². The van der Waals surface area contributed by atoms with Crippen LogP contribution in [0.25, 0.3) is 0 Å². The number of benzene rings is 2. The Morgan fingerprint density at radius 2 is 1.84 bits per heavy atom. The molecule has 0 bridgehead atoms. The third-order valence-electron chi connectivity index (χ3n) is 4.34. The molecule has 0 saturated heterocycles. The summed E-state index contributed by atoms with van der Waals surface area (Å²) in [4.78, 5) is 12.5. The highest BCUT2D eigenvalue weighted by Gasteiger charge is 2.16. The Kier molecular flexibility index (Phi) is 7.05. The topological polar surface area (TPSA) is 38.3 Å². The summed E-state index contributed by atoms with van der Waals surface area (Å²) in [5, 5.41) is 3.21. The fourth-order valence-corrected chi connectivity index (χ4v) is 3.06. The molecular formula is C22H29NO2. The predicted molar refractivity (Wildman–Crippen MR) is 103 cm³/mol. The fraction of sp³-hybridized carbons (Fsp3) is 0.409. The van der Waals surface area contributed by atoms with Crippen molar-refractivity contribution in [2.45, 2.75) is 46.1 Å². The van der Waals surface area contributed by atoms with Gasteiger partial charge in [0.05, 0.1) is 13.2 Å². The molecule has 0 aliphatic carbocycles. The lowest BCUT2D eigenvalue weighted by molar-refractivity contribution is -0.121. The van der Waals surface area contributed by atoms with Crippen molar-refractivity contribution in [2.75, 3.05) is 7.11 Å². The third-order valence-corrected chi connectivity index (χ3v) is 4.34. The van der Waals surface area contributed by atoms with Gasteiger partial charge in [-0.2, -0.15) is 0 Å². The van der Waals surface area contributed by atoms with E-state index in [4.69, 9.17) is 4.74 Å². The van der Waals surface area contributed by atoms with Crippen LogP contribution in [0.2, 0.25) is 0 Å². The molecule has 0 aromatic heterocycles. The van der Waals surface area contributed by atoms with E-state index in [1.807, 2.05) is 37.3 Å². The van der Waals surface area contributed by atoms with E-state index in [-0.39, 0.29) is 11.9 Å². The number of rotatable bonds is 8. The van der Waals surface area contributed by atoms with E-state index in [0.717, 1.165) is 29.7 Å². The summed E-state index contributed by atoms with van der Waals surface area (Å²) in [6, 6.07) is 16.4. The molecule has 0 radical (unpaired) electrons. The smallest absolute Gasteiger partial charge is 0.220 e. The lowest BCUT2D eigenvalue weighted by Crippen LogP contribution is -2.29. The first-order valence-electron chi connectivity index (χ1n) is 8.97. The molecule has 1 amide bonds. The number of ether oxygens (including phenoxy) is 1. The van der Waals surface area contributed by atoms with Crippen LogP contribution in [0.4, 0.5) is 0 Å². The second-order valence-electron chi connectivity index (χ2n) is 6.96. The van der Waals surface area contributed by atoms with Gasteiger partial charge >= 0.3 is 0 Å². The minimum atomic E-state index is 0.0753. The second kappa shape index (κ2) is 9.26. The van der Waals surface area contributed by atoms with E-state index >= 15 is 0 Å². The number of carbonyl (C=O) groups is 1. The first-order valence-corrected chi connectivity index (χ1v) is 8.97. The van der Waals surface area contributed by atoms with Crippen LogP contribution in [-0.2, 0) is 11.2 Å². The monoisotopic (exact) mass is 339 g/mol. The molecule has 2 aromatic carbocycles. The van der Waals surface area contributed by atoms with Gasteiger partial charge in [-0.05, 0) is 48.4 Å². The minimum absolute atomic E-state index is 0.0753. The van der Waals surface area contributed by atoms with Crippen molar-refractivity contribution in [3.63, 3.8) is 0 Å². The Labute approximate surface area is 151 Å². The normalized spacial score (nSPS) is 12.0. The van der Waals surface area contributed by atoms with E-state index in [0.29, 0.717) is 12.3 Å². The lowest BCUT2D eigenvalue weighted by atomic mass is 9.96. The Balaban J connectivity index is 1.96. The van der Waals surface area contributed by atoms with Crippen LogP contribution < -0.4 is 10.1 Å². The molecule has 0 fully saturated rings. The van der Waals surface area contributed by atoms with E-state index in [1.54, 1.807) is 7.11 Å². The van der Waals surface area contributed by atoms with Crippen molar-refractivity contribution in [2.24, 2.45) is 5.92 Å². The zero-order valence-electron chi connectivity index (χ0n) is 15.7. The Morgan fingerprint density at radius 1 is 1.12 bits per heavy atom. The Hall–Kier alpha value is -2.29. The van der Waals surface area contributed by atoms with Crippen LogP contribution in [0.1, 0.15) is 49.4 Å². The maximum atomic E-state index is 12.5. The maximum absolute atomic E-state index is 12.5. The molecule has 1 unspecified atom stereocenters. The zero-order valence-corrected chi connectivity index (χ0v) is 15.7. The van der Waals surface area contributed by atoms with Crippen molar-refractivity contribution < 1.29 is 9.53 Å².